The van der Waals surface area contributed by atoms with Crippen LogP contribution in [0.5, 0.6) is 11.6 Å². The lowest BCUT2D eigenvalue weighted by Gasteiger charge is -2.10. The largest absolute Gasteiger partial charge is 0.438 e. The monoisotopic (exact) mass is 265 g/mol. The van der Waals surface area contributed by atoms with Gasteiger partial charge in [-0.25, -0.2) is 4.98 Å². The van der Waals surface area contributed by atoms with E-state index in [1.165, 1.54) is 0 Å². The van der Waals surface area contributed by atoms with E-state index < -0.39 is 0 Å². The summed E-state index contributed by atoms with van der Waals surface area (Å²) in [7, 11) is 1.78. The fraction of sp³-hybridized carbons (Fsp3) is 0.125. The average Bonchev–Trinajstić information content (AvgIpc) is 2.50. The van der Waals surface area contributed by atoms with Crippen LogP contribution in [0.25, 0.3) is 10.8 Å². The van der Waals surface area contributed by atoms with Crippen LogP contribution in [0, 0.1) is 6.92 Å². The molecule has 4 heteroatoms. The number of hydrogen-bond acceptors (Lipinski definition) is 4. The molecule has 2 aromatic carbocycles. The van der Waals surface area contributed by atoms with E-state index in [-0.39, 0.29) is 0 Å². The van der Waals surface area contributed by atoms with Crippen LogP contribution in [-0.4, -0.2) is 17.0 Å². The molecule has 0 radical (unpaired) electrons. The molecule has 0 atom stereocenters. The predicted octanol–water partition coefficient (Wildman–Crippen LogP) is 3.77. The fourth-order valence-corrected chi connectivity index (χ4v) is 2.04. The van der Waals surface area contributed by atoms with Crippen molar-refractivity contribution in [3.8, 4) is 11.6 Å². The lowest BCUT2D eigenvalue weighted by Crippen LogP contribution is -1.99. The first kappa shape index (κ1) is 12.4. The van der Waals surface area contributed by atoms with Crippen molar-refractivity contribution in [1.82, 2.24) is 9.97 Å². The summed E-state index contributed by atoms with van der Waals surface area (Å²) < 4.78 is 5.97. The van der Waals surface area contributed by atoms with Gasteiger partial charge in [-0.15, -0.1) is 0 Å². The third-order valence-corrected chi connectivity index (χ3v) is 3.11. The third kappa shape index (κ3) is 2.28. The zero-order valence-corrected chi connectivity index (χ0v) is 11.4. The molecule has 1 heterocycles. The van der Waals surface area contributed by atoms with E-state index in [0.29, 0.717) is 11.8 Å². The van der Waals surface area contributed by atoms with Gasteiger partial charge in [0.25, 0.3) is 0 Å². The van der Waals surface area contributed by atoms with Crippen LogP contribution in [0.15, 0.2) is 48.7 Å². The predicted molar refractivity (Wildman–Crippen MR) is 80.3 cm³/mol. The van der Waals surface area contributed by atoms with Gasteiger partial charge in [-0.3, -0.25) is 0 Å². The molecule has 1 N–H and O–H groups in total. The molecular formula is C16H15N3O. The summed E-state index contributed by atoms with van der Waals surface area (Å²) in [5, 5.41) is 5.13. The Balaban J connectivity index is 2.05. The third-order valence-electron chi connectivity index (χ3n) is 3.11. The molecule has 3 aromatic rings. The number of ether oxygens (including phenoxy) is 1. The Morgan fingerprint density at radius 1 is 1.05 bits per heavy atom. The topological polar surface area (TPSA) is 47.0 Å². The zero-order valence-electron chi connectivity index (χ0n) is 11.4. The summed E-state index contributed by atoms with van der Waals surface area (Å²) in [6, 6.07) is 14.1. The van der Waals surface area contributed by atoms with Crippen molar-refractivity contribution in [2.45, 2.75) is 6.92 Å². The Kier molecular flexibility index (Phi) is 3.21. The van der Waals surface area contributed by atoms with Crippen molar-refractivity contribution in [2.24, 2.45) is 0 Å². The van der Waals surface area contributed by atoms with Crippen LogP contribution in [-0.2, 0) is 0 Å². The highest BCUT2D eigenvalue weighted by atomic mass is 16.5. The molecular weight excluding hydrogens is 250 g/mol. The number of hydrogen-bond donors (Lipinski definition) is 1. The van der Waals surface area contributed by atoms with E-state index in [0.717, 1.165) is 22.1 Å². The van der Waals surface area contributed by atoms with Gasteiger partial charge in [0.05, 0.1) is 0 Å². The molecule has 0 fully saturated rings. The minimum Gasteiger partial charge on any atom is -0.438 e. The molecule has 0 bridgehead atoms. The summed E-state index contributed by atoms with van der Waals surface area (Å²) in [6.07, 6.45) is 1.75. The molecule has 0 amide bonds. The van der Waals surface area contributed by atoms with Crippen LogP contribution < -0.4 is 10.1 Å². The van der Waals surface area contributed by atoms with Crippen molar-refractivity contribution in [2.75, 3.05) is 12.4 Å². The lowest BCUT2D eigenvalue weighted by atomic mass is 10.1. The molecule has 100 valence electrons. The van der Waals surface area contributed by atoms with Crippen LogP contribution >= 0.6 is 0 Å². The quantitative estimate of drug-likeness (QED) is 0.783. The Hall–Kier alpha value is -2.62. The highest BCUT2D eigenvalue weighted by molar-refractivity contribution is 5.88. The number of benzene rings is 2. The average molecular weight is 265 g/mol. The summed E-state index contributed by atoms with van der Waals surface area (Å²) in [6.45, 7) is 1.93. The van der Waals surface area contributed by atoms with Crippen molar-refractivity contribution >= 4 is 16.7 Å². The molecule has 0 aliphatic rings. The van der Waals surface area contributed by atoms with Crippen molar-refractivity contribution in [1.29, 1.82) is 0 Å². The number of anilines is 1. The normalized spacial score (nSPS) is 10.5. The van der Waals surface area contributed by atoms with Crippen LogP contribution in [0.3, 0.4) is 0 Å². The summed E-state index contributed by atoms with van der Waals surface area (Å²) in [4.78, 5) is 8.51. The highest BCUT2D eigenvalue weighted by Gasteiger charge is 2.08. The second-order valence-corrected chi connectivity index (χ2v) is 4.51. The van der Waals surface area contributed by atoms with Crippen molar-refractivity contribution < 1.29 is 4.74 Å². The summed E-state index contributed by atoms with van der Waals surface area (Å²) >= 11 is 0. The van der Waals surface area contributed by atoms with Gasteiger partial charge in [-0.2, -0.15) is 4.98 Å². The Morgan fingerprint density at radius 2 is 1.85 bits per heavy atom. The van der Waals surface area contributed by atoms with Gasteiger partial charge in [0, 0.05) is 24.2 Å². The van der Waals surface area contributed by atoms with Gasteiger partial charge in [-0.05, 0) is 18.4 Å². The van der Waals surface area contributed by atoms with Crippen LogP contribution in [0.1, 0.15) is 5.56 Å². The first-order chi connectivity index (χ1) is 9.78. The van der Waals surface area contributed by atoms with E-state index in [1.54, 1.807) is 13.2 Å². The van der Waals surface area contributed by atoms with Crippen LogP contribution in [0.2, 0.25) is 0 Å². The zero-order chi connectivity index (χ0) is 13.9. The van der Waals surface area contributed by atoms with E-state index in [9.17, 15) is 0 Å². The number of nitrogens with zero attached hydrogens (tertiary/aromatic N) is 2. The number of nitrogens with one attached hydrogen (secondary N) is 1. The van der Waals surface area contributed by atoms with E-state index >= 15 is 0 Å². The Bertz CT molecular complexity index is 750. The number of rotatable bonds is 3. The SMILES string of the molecule is CNc1ncc(C)c(Oc2cccc3ccccc23)n1. The van der Waals surface area contributed by atoms with Crippen LogP contribution in [0.4, 0.5) is 5.95 Å². The number of fused-ring (bicyclic) bond motifs is 1. The number of aromatic nitrogens is 2. The van der Waals surface area contributed by atoms with Gasteiger partial charge in [0.2, 0.25) is 11.8 Å². The molecule has 0 spiro atoms. The molecule has 4 nitrogen and oxygen atoms in total. The number of aryl methyl sites for hydroxylation is 1. The minimum atomic E-state index is 0.547. The Morgan fingerprint density at radius 3 is 2.70 bits per heavy atom. The highest BCUT2D eigenvalue weighted by Crippen LogP contribution is 2.30. The smallest absolute Gasteiger partial charge is 0.226 e. The second-order valence-electron chi connectivity index (χ2n) is 4.51. The minimum absolute atomic E-state index is 0.547. The maximum absolute atomic E-state index is 5.97. The fourth-order valence-electron chi connectivity index (χ4n) is 2.04. The Labute approximate surface area is 117 Å². The molecule has 0 aliphatic heterocycles. The van der Waals surface area contributed by atoms with Crippen molar-refractivity contribution in [3.63, 3.8) is 0 Å². The lowest BCUT2D eigenvalue weighted by molar-refractivity contribution is 0.463. The molecule has 1 aromatic heterocycles. The summed E-state index contributed by atoms with van der Waals surface area (Å²) in [5.41, 5.74) is 0.900. The van der Waals surface area contributed by atoms with Gasteiger partial charge in [0.1, 0.15) is 5.75 Å². The first-order valence-electron chi connectivity index (χ1n) is 6.45. The summed E-state index contributed by atoms with van der Waals surface area (Å²) in [5.74, 6) is 1.92. The molecule has 20 heavy (non-hydrogen) atoms. The molecule has 0 unspecified atom stereocenters. The standard InChI is InChI=1S/C16H15N3O/c1-11-10-18-16(17-2)19-15(11)20-14-9-5-7-12-6-3-4-8-13(12)14/h3-10H,1-2H3,(H,17,18,19). The van der Waals surface area contributed by atoms with E-state index in [1.807, 2.05) is 37.3 Å². The molecule has 0 aliphatic carbocycles. The van der Waals surface area contributed by atoms with Gasteiger partial charge in [0.15, 0.2) is 0 Å². The maximum atomic E-state index is 5.97. The first-order valence-corrected chi connectivity index (χ1v) is 6.45. The molecule has 3 rings (SSSR count). The molecule has 0 saturated carbocycles. The van der Waals surface area contributed by atoms with E-state index in [2.05, 4.69) is 27.4 Å². The van der Waals surface area contributed by atoms with E-state index in [4.69, 9.17) is 4.74 Å². The second kappa shape index (κ2) is 5.17. The van der Waals surface area contributed by atoms with Gasteiger partial charge in [-0.1, -0.05) is 36.4 Å². The van der Waals surface area contributed by atoms with Gasteiger partial charge >= 0.3 is 0 Å². The van der Waals surface area contributed by atoms with Crippen molar-refractivity contribution in [3.05, 3.63) is 54.2 Å². The van der Waals surface area contributed by atoms with Gasteiger partial charge < -0.3 is 10.1 Å². The maximum Gasteiger partial charge on any atom is 0.226 e. The molecule has 0 saturated heterocycles.